The Bertz CT molecular complexity index is 492. The van der Waals surface area contributed by atoms with Crippen molar-refractivity contribution in [1.29, 1.82) is 5.26 Å². The monoisotopic (exact) mass is 186 g/mol. The van der Waals surface area contributed by atoms with Gasteiger partial charge in [-0.15, -0.1) is 0 Å². The molecule has 4 heteroatoms. The lowest BCUT2D eigenvalue weighted by Gasteiger charge is -2.01. The minimum atomic E-state index is 0.350. The first-order chi connectivity index (χ1) is 6.86. The summed E-state index contributed by atoms with van der Waals surface area (Å²) in [6, 6.07) is 4.04. The first-order valence-corrected chi connectivity index (χ1v) is 4.53. The van der Waals surface area contributed by atoms with Gasteiger partial charge in [0.1, 0.15) is 11.3 Å². The number of hydrogen-bond acceptors (Lipinski definition) is 3. The van der Waals surface area contributed by atoms with Gasteiger partial charge >= 0.3 is 0 Å². The number of nitriles is 1. The van der Waals surface area contributed by atoms with Crippen molar-refractivity contribution < 1.29 is 0 Å². The molecule has 0 fully saturated rings. The summed E-state index contributed by atoms with van der Waals surface area (Å²) in [6.45, 7) is 2.87. The van der Waals surface area contributed by atoms with E-state index in [-0.39, 0.29) is 0 Å². The fourth-order valence-corrected chi connectivity index (χ4v) is 1.59. The van der Waals surface area contributed by atoms with Crippen molar-refractivity contribution in [3.05, 3.63) is 24.3 Å². The van der Waals surface area contributed by atoms with Crippen molar-refractivity contribution in [3.8, 4) is 6.07 Å². The molecule has 0 aliphatic carbocycles. The van der Waals surface area contributed by atoms with Gasteiger partial charge in [0.15, 0.2) is 0 Å². The molecule has 70 valence electrons. The Morgan fingerprint density at radius 1 is 1.57 bits per heavy atom. The molecule has 0 aromatic carbocycles. The van der Waals surface area contributed by atoms with Gasteiger partial charge < -0.3 is 4.57 Å². The Labute approximate surface area is 81.8 Å². The van der Waals surface area contributed by atoms with Crippen LogP contribution in [-0.4, -0.2) is 14.5 Å². The molecule has 0 N–H and O–H groups in total. The van der Waals surface area contributed by atoms with E-state index in [1.165, 1.54) is 0 Å². The van der Waals surface area contributed by atoms with Crippen molar-refractivity contribution in [2.45, 2.75) is 19.9 Å². The molecule has 0 aliphatic heterocycles. The second-order valence-electron chi connectivity index (χ2n) is 2.97. The number of aryl methyl sites for hydroxylation is 1. The smallest absolute Gasteiger partial charge is 0.124 e. The van der Waals surface area contributed by atoms with Gasteiger partial charge in [-0.05, 0) is 13.0 Å². The second kappa shape index (κ2) is 3.46. The maximum absolute atomic E-state index is 8.65. The summed E-state index contributed by atoms with van der Waals surface area (Å²) in [5.74, 6) is 0.818. The number of nitrogens with zero attached hydrogens (tertiary/aromatic N) is 4. The van der Waals surface area contributed by atoms with Crippen LogP contribution in [0, 0.1) is 11.3 Å². The molecule has 2 aromatic heterocycles. The molecular formula is C10H10N4. The normalized spacial score (nSPS) is 10.3. The summed E-state index contributed by atoms with van der Waals surface area (Å²) >= 11 is 0. The van der Waals surface area contributed by atoms with Crippen LogP contribution in [0.3, 0.4) is 0 Å². The lowest BCUT2D eigenvalue weighted by molar-refractivity contribution is 0.739. The van der Waals surface area contributed by atoms with Gasteiger partial charge in [0, 0.05) is 12.7 Å². The topological polar surface area (TPSA) is 54.5 Å². The highest BCUT2D eigenvalue weighted by atomic mass is 15.1. The number of imidazole rings is 1. The highest BCUT2D eigenvalue weighted by molar-refractivity contribution is 5.74. The molecule has 0 radical (unpaired) electrons. The third-order valence-electron chi connectivity index (χ3n) is 2.18. The Morgan fingerprint density at radius 2 is 2.43 bits per heavy atom. The standard InChI is InChI=1S/C10H10N4/c1-2-14-9-4-6-12-7-8(9)13-10(14)3-5-11/h4,6-7H,2-3H2,1H3. The average Bonchev–Trinajstić information content (AvgIpc) is 2.55. The minimum absolute atomic E-state index is 0.350. The van der Waals surface area contributed by atoms with Crippen LogP contribution in [0.15, 0.2) is 18.5 Å². The van der Waals surface area contributed by atoms with Gasteiger partial charge in [-0.2, -0.15) is 5.26 Å². The van der Waals surface area contributed by atoms with Crippen LogP contribution < -0.4 is 0 Å². The Kier molecular flexibility index (Phi) is 2.15. The van der Waals surface area contributed by atoms with E-state index in [0.29, 0.717) is 6.42 Å². The van der Waals surface area contributed by atoms with E-state index < -0.39 is 0 Å². The molecule has 0 saturated heterocycles. The van der Waals surface area contributed by atoms with Crippen molar-refractivity contribution in [2.24, 2.45) is 0 Å². The van der Waals surface area contributed by atoms with E-state index in [4.69, 9.17) is 5.26 Å². The zero-order valence-electron chi connectivity index (χ0n) is 7.94. The largest absolute Gasteiger partial charge is 0.327 e. The molecular weight excluding hydrogens is 176 g/mol. The van der Waals surface area contributed by atoms with Crippen molar-refractivity contribution in [1.82, 2.24) is 14.5 Å². The number of fused-ring (bicyclic) bond motifs is 1. The number of aromatic nitrogens is 3. The fourth-order valence-electron chi connectivity index (χ4n) is 1.59. The van der Waals surface area contributed by atoms with Crippen LogP contribution in [0.25, 0.3) is 11.0 Å². The molecule has 0 spiro atoms. The molecule has 2 aromatic rings. The minimum Gasteiger partial charge on any atom is -0.327 e. The first kappa shape index (κ1) is 8.70. The van der Waals surface area contributed by atoms with Crippen molar-refractivity contribution in [2.75, 3.05) is 0 Å². The second-order valence-corrected chi connectivity index (χ2v) is 2.97. The van der Waals surface area contributed by atoms with Crippen molar-refractivity contribution in [3.63, 3.8) is 0 Å². The van der Waals surface area contributed by atoms with Gasteiger partial charge in [0.2, 0.25) is 0 Å². The number of hydrogen-bond donors (Lipinski definition) is 0. The zero-order chi connectivity index (χ0) is 9.97. The molecule has 0 atom stereocenters. The summed E-state index contributed by atoms with van der Waals surface area (Å²) in [7, 11) is 0. The first-order valence-electron chi connectivity index (χ1n) is 4.53. The predicted molar refractivity (Wildman–Crippen MR) is 52.5 cm³/mol. The number of pyridine rings is 1. The molecule has 0 bridgehead atoms. The van der Waals surface area contributed by atoms with E-state index in [0.717, 1.165) is 23.4 Å². The fraction of sp³-hybridized carbons (Fsp3) is 0.300. The van der Waals surface area contributed by atoms with Gasteiger partial charge in [-0.3, -0.25) is 4.98 Å². The van der Waals surface area contributed by atoms with E-state index in [2.05, 4.69) is 16.0 Å². The van der Waals surface area contributed by atoms with E-state index >= 15 is 0 Å². The van der Waals surface area contributed by atoms with Gasteiger partial charge in [0.25, 0.3) is 0 Å². The van der Waals surface area contributed by atoms with Gasteiger partial charge in [-0.25, -0.2) is 4.98 Å². The quantitative estimate of drug-likeness (QED) is 0.714. The number of rotatable bonds is 2. The molecule has 2 heterocycles. The zero-order valence-corrected chi connectivity index (χ0v) is 7.94. The van der Waals surface area contributed by atoms with Crippen LogP contribution in [-0.2, 0) is 13.0 Å². The summed E-state index contributed by atoms with van der Waals surface area (Å²) in [5, 5.41) is 8.65. The molecule has 0 saturated carbocycles. The van der Waals surface area contributed by atoms with Gasteiger partial charge in [-0.1, -0.05) is 0 Å². The summed E-state index contributed by atoms with van der Waals surface area (Å²) in [4.78, 5) is 8.35. The highest BCUT2D eigenvalue weighted by Crippen LogP contribution is 2.14. The van der Waals surface area contributed by atoms with Crippen molar-refractivity contribution >= 4 is 11.0 Å². The van der Waals surface area contributed by atoms with E-state index in [1.54, 1.807) is 12.4 Å². The molecule has 0 amide bonds. The van der Waals surface area contributed by atoms with Crippen LogP contribution >= 0.6 is 0 Å². The lowest BCUT2D eigenvalue weighted by atomic mass is 10.4. The molecule has 4 nitrogen and oxygen atoms in total. The van der Waals surface area contributed by atoms with Gasteiger partial charge in [0.05, 0.1) is 24.2 Å². The van der Waals surface area contributed by atoms with Crippen LogP contribution in [0.5, 0.6) is 0 Å². The van der Waals surface area contributed by atoms with Crippen LogP contribution in [0.2, 0.25) is 0 Å². The third-order valence-corrected chi connectivity index (χ3v) is 2.18. The molecule has 0 unspecified atom stereocenters. The highest BCUT2D eigenvalue weighted by Gasteiger charge is 2.07. The molecule has 0 aliphatic rings. The molecule has 14 heavy (non-hydrogen) atoms. The maximum Gasteiger partial charge on any atom is 0.124 e. The maximum atomic E-state index is 8.65. The van der Waals surface area contributed by atoms with E-state index in [1.807, 2.05) is 17.6 Å². The third kappa shape index (κ3) is 1.23. The van der Waals surface area contributed by atoms with Crippen LogP contribution in [0.4, 0.5) is 0 Å². The summed E-state index contributed by atoms with van der Waals surface area (Å²) in [6.07, 6.45) is 3.82. The molecule has 2 rings (SSSR count). The Balaban J connectivity index is 2.67. The Morgan fingerprint density at radius 3 is 3.14 bits per heavy atom. The lowest BCUT2D eigenvalue weighted by Crippen LogP contribution is -2.00. The predicted octanol–water partition coefficient (Wildman–Crippen LogP) is 1.52. The van der Waals surface area contributed by atoms with Crippen LogP contribution in [0.1, 0.15) is 12.7 Å². The average molecular weight is 186 g/mol. The summed E-state index contributed by atoms with van der Waals surface area (Å²) < 4.78 is 2.04. The van der Waals surface area contributed by atoms with E-state index in [9.17, 15) is 0 Å². The Hall–Kier alpha value is -1.89. The summed E-state index contributed by atoms with van der Waals surface area (Å²) in [5.41, 5.74) is 1.91. The SMILES string of the molecule is CCn1c(CC#N)nc2cnccc21.